The Morgan fingerprint density at radius 3 is 2.61 bits per heavy atom. The number of benzene rings is 1. The topological polar surface area (TPSA) is 182 Å². The number of hydrogen-bond acceptors (Lipinski definition) is 10. The van der Waals surface area contributed by atoms with Gasteiger partial charge in [-0.25, -0.2) is 13.2 Å². The second-order valence-corrected chi connectivity index (χ2v) is 15.6. The van der Waals surface area contributed by atoms with Crippen LogP contribution in [-0.4, -0.2) is 92.1 Å². The smallest absolute Gasteiger partial charge is 0.408 e. The van der Waals surface area contributed by atoms with E-state index in [0.717, 1.165) is 37.7 Å². The van der Waals surface area contributed by atoms with Crippen LogP contribution < -0.4 is 20.1 Å². The van der Waals surface area contributed by atoms with E-state index >= 15 is 0 Å². The Hall–Kier alpha value is -4.14. The highest BCUT2D eigenvalue weighted by atomic mass is 32.2. The molecule has 2 heterocycles. The monoisotopic (exact) mass is 699 g/mol. The number of methoxy groups -OCH3 is 1. The predicted octanol–water partition coefficient (Wildman–Crippen LogP) is 2.67. The third-order valence-electron chi connectivity index (χ3n) is 9.97. The summed E-state index contributed by atoms with van der Waals surface area (Å²) in [6.07, 6.45) is 10.9. The Morgan fingerprint density at radius 1 is 1.06 bits per heavy atom. The van der Waals surface area contributed by atoms with Crippen LogP contribution in [0.1, 0.15) is 82.6 Å². The number of fused-ring (bicyclic) bond motifs is 2. The Labute approximate surface area is 286 Å². The van der Waals surface area contributed by atoms with E-state index in [9.17, 15) is 27.6 Å². The van der Waals surface area contributed by atoms with Crippen LogP contribution in [0.25, 0.3) is 0 Å². The molecule has 3 aliphatic carbocycles. The molecule has 5 aliphatic rings. The zero-order valence-corrected chi connectivity index (χ0v) is 28.5. The Bertz CT molecular complexity index is 1590. The van der Waals surface area contributed by atoms with Gasteiger partial charge >= 0.3 is 6.09 Å². The molecule has 3 N–H and O–H groups in total. The average Bonchev–Trinajstić information content (AvgIpc) is 3.98. The molecule has 3 saturated carbocycles. The molecule has 1 saturated heterocycles. The summed E-state index contributed by atoms with van der Waals surface area (Å²) in [4.78, 5) is 61.8. The van der Waals surface area contributed by atoms with Gasteiger partial charge in [-0.2, -0.15) is 0 Å². The minimum absolute atomic E-state index is 0.000804. The average molecular weight is 700 g/mol. The zero-order chi connectivity index (χ0) is 34.6. The molecule has 4 fully saturated rings. The standard InChI is InChI=1S/C34H45N5O9S/c1-46-25-13-7-9-22(17-25)20-35-48-26-18-29-30(40)37-34(32(42)38-49(44,45)27-15-16-27)19-23(34)10-5-3-2-4-6-14-28(31(41)39(29)21-26)36-33(43)47-24-11-8-12-24/h5,7,9-10,13,17,20,23-24,26-29H,2-4,6,8,11-12,14-16,18-19,21H2,1H3,(H,36,43)(H,37,40)(H,38,42)/b10-5-,35-20+/t23-,26-,28+,29+,34+/m1/s1. The fourth-order valence-electron chi connectivity index (χ4n) is 6.55. The number of rotatable bonds is 9. The number of carbonyl (C=O) groups is 4. The molecule has 1 aromatic rings. The molecule has 0 radical (unpaired) electrons. The number of nitrogens with zero attached hydrogens (tertiary/aromatic N) is 2. The lowest BCUT2D eigenvalue weighted by Crippen LogP contribution is -2.58. The molecule has 0 unspecified atom stereocenters. The third-order valence-corrected chi connectivity index (χ3v) is 11.8. The van der Waals surface area contributed by atoms with Crippen molar-refractivity contribution in [2.24, 2.45) is 11.1 Å². The minimum Gasteiger partial charge on any atom is -0.497 e. The molecule has 49 heavy (non-hydrogen) atoms. The first-order chi connectivity index (χ1) is 23.6. The van der Waals surface area contributed by atoms with Gasteiger partial charge in [0, 0.05) is 12.3 Å². The van der Waals surface area contributed by atoms with E-state index in [1.165, 1.54) is 11.1 Å². The fourth-order valence-corrected chi connectivity index (χ4v) is 7.92. The van der Waals surface area contributed by atoms with Crippen molar-refractivity contribution < 1.29 is 41.9 Å². The van der Waals surface area contributed by atoms with Gasteiger partial charge in [-0.15, -0.1) is 0 Å². The minimum atomic E-state index is -3.86. The van der Waals surface area contributed by atoms with Crippen molar-refractivity contribution >= 4 is 40.1 Å². The van der Waals surface area contributed by atoms with E-state index in [-0.39, 0.29) is 25.5 Å². The van der Waals surface area contributed by atoms with E-state index in [1.54, 1.807) is 25.3 Å². The van der Waals surface area contributed by atoms with Crippen molar-refractivity contribution in [1.29, 1.82) is 0 Å². The maximum Gasteiger partial charge on any atom is 0.408 e. The quantitative estimate of drug-likeness (QED) is 0.198. The Morgan fingerprint density at radius 2 is 1.88 bits per heavy atom. The van der Waals surface area contributed by atoms with E-state index in [2.05, 4.69) is 20.5 Å². The molecule has 1 aromatic carbocycles. The molecule has 266 valence electrons. The van der Waals surface area contributed by atoms with Crippen LogP contribution in [0, 0.1) is 5.92 Å². The summed E-state index contributed by atoms with van der Waals surface area (Å²) in [7, 11) is -2.31. The number of sulfonamides is 1. The Kier molecular flexibility index (Phi) is 10.5. The first-order valence-electron chi connectivity index (χ1n) is 17.2. The van der Waals surface area contributed by atoms with Crippen LogP contribution in [0.15, 0.2) is 41.6 Å². The molecule has 15 heteroatoms. The number of oxime groups is 1. The highest BCUT2D eigenvalue weighted by Crippen LogP contribution is 2.46. The highest BCUT2D eigenvalue weighted by molar-refractivity contribution is 7.91. The summed E-state index contributed by atoms with van der Waals surface area (Å²) in [6, 6.07) is 5.18. The van der Waals surface area contributed by atoms with E-state index < -0.39 is 68.7 Å². The number of allylic oxidation sites excluding steroid dienone is 1. The SMILES string of the molecule is COc1cccc(/C=N/O[C@@H]2C[C@H]3C(=O)N[C@@]4(C(=O)NS(=O)(=O)C5CC5)C[C@H]4/C=C\CCCCC[C@H](NC(=O)OC4CCC4)C(=O)N3C2)c1. The van der Waals surface area contributed by atoms with Crippen molar-refractivity contribution in [3.63, 3.8) is 0 Å². The number of ether oxygens (including phenoxy) is 2. The van der Waals surface area contributed by atoms with Crippen molar-refractivity contribution in [2.75, 3.05) is 13.7 Å². The molecule has 5 atom stereocenters. The summed E-state index contributed by atoms with van der Waals surface area (Å²) in [6.45, 7) is 0.000804. The van der Waals surface area contributed by atoms with Gasteiger partial charge in [0.05, 0.1) is 25.1 Å². The molecule has 4 amide bonds. The highest BCUT2D eigenvalue weighted by Gasteiger charge is 2.62. The summed E-state index contributed by atoms with van der Waals surface area (Å²) < 4.78 is 38.4. The van der Waals surface area contributed by atoms with Gasteiger partial charge in [0.2, 0.25) is 21.8 Å². The fraction of sp³-hybridized carbons (Fsp3) is 0.618. The molecule has 0 bridgehead atoms. The predicted molar refractivity (Wildman–Crippen MR) is 178 cm³/mol. The lowest BCUT2D eigenvalue weighted by atomic mass is 9.96. The van der Waals surface area contributed by atoms with Crippen LogP contribution in [-0.2, 0) is 34.0 Å². The van der Waals surface area contributed by atoms with E-state index in [0.29, 0.717) is 37.9 Å². The van der Waals surface area contributed by atoms with Gasteiger partial charge in [0.15, 0.2) is 0 Å². The van der Waals surface area contributed by atoms with Gasteiger partial charge in [-0.3, -0.25) is 19.1 Å². The van der Waals surface area contributed by atoms with Crippen LogP contribution in [0.2, 0.25) is 0 Å². The first-order valence-corrected chi connectivity index (χ1v) is 18.8. The van der Waals surface area contributed by atoms with Gasteiger partial charge in [0.25, 0.3) is 5.91 Å². The third kappa shape index (κ3) is 8.36. The number of nitrogens with one attached hydrogen (secondary N) is 3. The summed E-state index contributed by atoms with van der Waals surface area (Å²) in [5.41, 5.74) is -0.754. The van der Waals surface area contributed by atoms with Crippen LogP contribution in [0.3, 0.4) is 0 Å². The Balaban J connectivity index is 1.23. The summed E-state index contributed by atoms with van der Waals surface area (Å²) >= 11 is 0. The van der Waals surface area contributed by atoms with Crippen LogP contribution in [0.5, 0.6) is 5.75 Å². The van der Waals surface area contributed by atoms with Gasteiger partial charge in [-0.1, -0.05) is 42.3 Å². The number of alkyl carbamates (subject to hydrolysis) is 1. The zero-order valence-electron chi connectivity index (χ0n) is 27.7. The molecule has 0 aromatic heterocycles. The van der Waals surface area contributed by atoms with E-state index in [1.807, 2.05) is 18.2 Å². The maximum absolute atomic E-state index is 14.2. The molecule has 2 aliphatic heterocycles. The molecular weight excluding hydrogens is 654 g/mol. The van der Waals surface area contributed by atoms with Gasteiger partial charge in [0.1, 0.15) is 35.6 Å². The second-order valence-electron chi connectivity index (χ2n) is 13.6. The number of carbonyl (C=O) groups excluding carboxylic acids is 4. The number of hydrogen-bond donors (Lipinski definition) is 3. The lowest BCUT2D eigenvalue weighted by Gasteiger charge is -2.30. The van der Waals surface area contributed by atoms with Crippen molar-refractivity contribution in [3.8, 4) is 5.75 Å². The normalized spacial score (nSPS) is 30.0. The van der Waals surface area contributed by atoms with Crippen LogP contribution >= 0.6 is 0 Å². The second kappa shape index (κ2) is 14.8. The lowest BCUT2D eigenvalue weighted by molar-refractivity contribution is -0.141. The number of amides is 4. The summed E-state index contributed by atoms with van der Waals surface area (Å²) in [5.74, 6) is -1.63. The molecule has 6 rings (SSSR count). The first kappa shape index (κ1) is 34.7. The van der Waals surface area contributed by atoms with Crippen molar-refractivity contribution in [1.82, 2.24) is 20.3 Å². The molecule has 0 spiro atoms. The summed E-state index contributed by atoms with van der Waals surface area (Å²) in [5, 5.41) is 9.10. The van der Waals surface area contributed by atoms with Crippen LogP contribution in [0.4, 0.5) is 4.79 Å². The largest absolute Gasteiger partial charge is 0.497 e. The van der Waals surface area contributed by atoms with Crippen molar-refractivity contribution in [3.05, 3.63) is 42.0 Å². The molecule has 14 nitrogen and oxygen atoms in total. The maximum atomic E-state index is 14.2. The van der Waals surface area contributed by atoms with E-state index in [4.69, 9.17) is 14.3 Å². The van der Waals surface area contributed by atoms with Gasteiger partial charge < -0.3 is 29.8 Å². The van der Waals surface area contributed by atoms with Crippen molar-refractivity contribution in [2.45, 2.75) is 112 Å². The van der Waals surface area contributed by atoms with Gasteiger partial charge in [-0.05, 0) is 75.5 Å². The molecular formula is C34H45N5O9S.